The van der Waals surface area contributed by atoms with Gasteiger partial charge in [0.1, 0.15) is 0 Å². The van der Waals surface area contributed by atoms with Gasteiger partial charge in [-0.05, 0) is 30.5 Å². The number of carbonyl (C=O) groups is 2. The highest BCUT2D eigenvalue weighted by Crippen LogP contribution is 2.23. The summed E-state index contributed by atoms with van der Waals surface area (Å²) in [5, 5.41) is 8.57. The highest BCUT2D eigenvalue weighted by atomic mass is 32.2. The fourth-order valence-electron chi connectivity index (χ4n) is 2.34. The molecule has 1 unspecified atom stereocenters. The number of fused-ring (bicyclic) bond motifs is 1. The zero-order valence-corrected chi connectivity index (χ0v) is 13.1. The third kappa shape index (κ3) is 2.76. The number of imide groups is 1. The number of hydrogen-bond acceptors (Lipinski definition) is 5. The summed E-state index contributed by atoms with van der Waals surface area (Å²) >= 11 is 0. The molecule has 0 N–H and O–H groups in total. The molecule has 2 heterocycles. The molecule has 0 radical (unpaired) electrons. The highest BCUT2D eigenvalue weighted by molar-refractivity contribution is 7.86. The number of nitrogens with zero attached hydrogens (tertiary/aromatic N) is 4. The van der Waals surface area contributed by atoms with E-state index in [1.54, 1.807) is 42.7 Å². The van der Waals surface area contributed by atoms with Gasteiger partial charge < -0.3 is 0 Å². The normalized spacial score (nSPS) is 14.7. The van der Waals surface area contributed by atoms with Crippen LogP contribution < -0.4 is 0 Å². The van der Waals surface area contributed by atoms with E-state index in [0.29, 0.717) is 16.8 Å². The molecule has 1 aliphatic heterocycles. The zero-order valence-electron chi connectivity index (χ0n) is 12.3. The molecule has 6 nitrogen and oxygen atoms in total. The maximum Gasteiger partial charge on any atom is 0.261 e. The van der Waals surface area contributed by atoms with Gasteiger partial charge in [0.15, 0.2) is 0 Å². The summed E-state index contributed by atoms with van der Waals surface area (Å²) in [6, 6.07) is 10.3. The van der Waals surface area contributed by atoms with Crippen LogP contribution in [0.2, 0.25) is 0 Å². The van der Waals surface area contributed by atoms with Crippen LogP contribution >= 0.6 is 0 Å². The van der Waals surface area contributed by atoms with Gasteiger partial charge in [0.05, 0.1) is 23.4 Å². The molecule has 0 aliphatic carbocycles. The smallest absolute Gasteiger partial charge is 0.261 e. The number of carbonyl (C=O) groups excluding carboxylic acids is 2. The van der Waals surface area contributed by atoms with Crippen LogP contribution in [-0.2, 0) is 17.2 Å². The van der Waals surface area contributed by atoms with Gasteiger partial charge in [-0.1, -0.05) is 22.8 Å². The average Bonchev–Trinajstić information content (AvgIpc) is 2.81. The monoisotopic (exact) mass is 324 g/mol. The maximum absolute atomic E-state index is 12.3. The molecule has 3 rings (SSSR count). The molecule has 1 atom stereocenters. The summed E-state index contributed by atoms with van der Waals surface area (Å²) < 4.78 is 3.75. The molecule has 1 aromatic heterocycles. The van der Waals surface area contributed by atoms with Crippen molar-refractivity contribution in [1.82, 2.24) is 9.88 Å². The Balaban J connectivity index is 1.81. The second-order valence-electron chi connectivity index (χ2n) is 4.90. The molecule has 0 fully saturated rings. The number of pyridine rings is 1. The number of amides is 2. The quantitative estimate of drug-likeness (QED) is 0.639. The van der Waals surface area contributed by atoms with E-state index in [2.05, 4.69) is 9.35 Å². The fourth-order valence-corrected chi connectivity index (χ4v) is 3.04. The Morgan fingerprint density at radius 3 is 2.35 bits per heavy atom. The van der Waals surface area contributed by atoms with Crippen molar-refractivity contribution < 1.29 is 9.59 Å². The van der Waals surface area contributed by atoms with Gasteiger partial charge in [0, 0.05) is 11.1 Å². The van der Waals surface area contributed by atoms with Crippen LogP contribution in [0.15, 0.2) is 51.9 Å². The van der Waals surface area contributed by atoms with Gasteiger partial charge in [-0.3, -0.25) is 19.5 Å². The first-order chi connectivity index (χ1) is 11.1. The van der Waals surface area contributed by atoms with E-state index < -0.39 is 10.7 Å². The van der Waals surface area contributed by atoms with Crippen molar-refractivity contribution in [2.75, 3.05) is 6.26 Å². The van der Waals surface area contributed by atoms with Crippen LogP contribution in [0.4, 0.5) is 0 Å². The Bertz CT molecular complexity index is 833. The Morgan fingerprint density at radius 2 is 1.83 bits per heavy atom. The van der Waals surface area contributed by atoms with Crippen LogP contribution in [0.25, 0.3) is 0 Å². The third-order valence-corrected chi connectivity index (χ3v) is 4.79. The number of hydrogen-bond donors (Lipinski definition) is 0. The number of rotatable bonds is 3. The first-order valence-electron chi connectivity index (χ1n) is 6.78. The van der Waals surface area contributed by atoms with E-state index in [0.717, 1.165) is 4.90 Å². The lowest BCUT2D eigenvalue weighted by Crippen LogP contribution is -2.29. The maximum atomic E-state index is 12.3. The van der Waals surface area contributed by atoms with Gasteiger partial charge in [0.2, 0.25) is 6.19 Å². The second kappa shape index (κ2) is 6.10. The minimum absolute atomic E-state index is 0.125. The van der Waals surface area contributed by atoms with Crippen molar-refractivity contribution in [3.8, 4) is 6.19 Å². The van der Waals surface area contributed by atoms with Crippen molar-refractivity contribution in [2.45, 2.75) is 11.4 Å². The van der Waals surface area contributed by atoms with Gasteiger partial charge in [-0.15, -0.1) is 4.36 Å². The van der Waals surface area contributed by atoms with E-state index in [-0.39, 0.29) is 18.4 Å². The molecule has 0 saturated heterocycles. The summed E-state index contributed by atoms with van der Waals surface area (Å²) in [5.41, 5.74) is 1.46. The summed E-state index contributed by atoms with van der Waals surface area (Å²) in [4.78, 5) is 30.9. The highest BCUT2D eigenvalue weighted by Gasteiger charge is 2.35. The number of benzene rings is 1. The lowest BCUT2D eigenvalue weighted by Gasteiger charge is -2.13. The topological polar surface area (TPSA) is 86.4 Å². The first kappa shape index (κ1) is 15.1. The molecule has 0 saturated carbocycles. The number of aromatic nitrogens is 1. The molecule has 0 spiro atoms. The van der Waals surface area contributed by atoms with Crippen LogP contribution in [0.1, 0.15) is 26.4 Å². The molecule has 7 heteroatoms. The molecule has 114 valence electrons. The fraction of sp³-hybridized carbons (Fsp3) is 0.125. The summed E-state index contributed by atoms with van der Waals surface area (Å²) in [6.45, 7) is 0.125. The molecule has 23 heavy (non-hydrogen) atoms. The van der Waals surface area contributed by atoms with Crippen molar-refractivity contribution in [1.29, 1.82) is 5.26 Å². The van der Waals surface area contributed by atoms with Gasteiger partial charge in [-0.2, -0.15) is 5.26 Å². The Labute approximate surface area is 135 Å². The van der Waals surface area contributed by atoms with Crippen LogP contribution in [0, 0.1) is 11.5 Å². The van der Waals surface area contributed by atoms with E-state index in [4.69, 9.17) is 5.26 Å². The predicted molar refractivity (Wildman–Crippen MR) is 84.5 cm³/mol. The molecule has 2 aromatic rings. The average molecular weight is 324 g/mol. The second-order valence-corrected chi connectivity index (χ2v) is 6.51. The summed E-state index contributed by atoms with van der Waals surface area (Å²) in [6.07, 6.45) is 5.22. The van der Waals surface area contributed by atoms with E-state index in [1.807, 2.05) is 12.3 Å². The standard InChI is InChI=1S/C16H12N4O2S/c1-23(19-10-17)12-7-6-11(18-8-12)9-20-15(21)13-4-2-3-5-14(13)16(20)22/h2-8H,9H2,1H3. The Kier molecular flexibility index (Phi) is 4.00. The molecular formula is C16H12N4O2S. The SMILES string of the molecule is C/S(=N\C#N)c1ccc(CN2C(=O)c3ccccc3C2=O)nc1. The summed E-state index contributed by atoms with van der Waals surface area (Å²) in [5.74, 6) is -0.600. The van der Waals surface area contributed by atoms with E-state index in [1.165, 1.54) is 4.90 Å². The summed E-state index contributed by atoms with van der Waals surface area (Å²) in [7, 11) is -0.538. The van der Waals surface area contributed by atoms with Crippen molar-refractivity contribution in [3.05, 3.63) is 59.4 Å². The molecular weight excluding hydrogens is 312 g/mol. The zero-order chi connectivity index (χ0) is 16.4. The predicted octanol–water partition coefficient (Wildman–Crippen LogP) is 2.15. The lowest BCUT2D eigenvalue weighted by molar-refractivity contribution is 0.0640. The largest absolute Gasteiger partial charge is 0.269 e. The first-order valence-corrected chi connectivity index (χ1v) is 8.37. The lowest BCUT2D eigenvalue weighted by atomic mass is 10.1. The number of nitriles is 1. The van der Waals surface area contributed by atoms with Crippen molar-refractivity contribution in [3.63, 3.8) is 0 Å². The van der Waals surface area contributed by atoms with Gasteiger partial charge in [-0.25, -0.2) is 0 Å². The van der Waals surface area contributed by atoms with Crippen LogP contribution in [0.3, 0.4) is 0 Å². The van der Waals surface area contributed by atoms with Gasteiger partial charge >= 0.3 is 0 Å². The van der Waals surface area contributed by atoms with Crippen molar-refractivity contribution >= 4 is 22.5 Å². The van der Waals surface area contributed by atoms with E-state index >= 15 is 0 Å². The molecule has 2 amide bonds. The van der Waals surface area contributed by atoms with E-state index in [9.17, 15) is 9.59 Å². The van der Waals surface area contributed by atoms with Crippen LogP contribution in [0.5, 0.6) is 0 Å². The Hall–Kier alpha value is -2.85. The Morgan fingerprint density at radius 1 is 1.17 bits per heavy atom. The molecule has 1 aromatic carbocycles. The molecule has 0 bridgehead atoms. The van der Waals surface area contributed by atoms with Crippen molar-refractivity contribution in [2.24, 2.45) is 4.36 Å². The van der Waals surface area contributed by atoms with Crippen LogP contribution in [-0.4, -0.2) is 28.0 Å². The minimum Gasteiger partial charge on any atom is -0.269 e. The minimum atomic E-state index is -0.538. The van der Waals surface area contributed by atoms with Gasteiger partial charge in [0.25, 0.3) is 11.8 Å². The molecule has 1 aliphatic rings. The third-order valence-electron chi connectivity index (χ3n) is 3.51.